The third-order valence-corrected chi connectivity index (χ3v) is 4.60. The number of nitrogens with one attached hydrogen (secondary N) is 1. The number of carbonyl (C=O) groups excluding carboxylic acids is 1. The zero-order valence-corrected chi connectivity index (χ0v) is 13.8. The Balaban J connectivity index is 1.89. The van der Waals surface area contributed by atoms with E-state index in [1.807, 2.05) is 20.0 Å². The lowest BCUT2D eigenvalue weighted by Crippen LogP contribution is -2.28. The molecule has 1 N–H and O–H groups in total. The molecule has 0 spiro atoms. The Morgan fingerprint density at radius 1 is 1.43 bits per heavy atom. The van der Waals surface area contributed by atoms with Crippen molar-refractivity contribution in [3.05, 3.63) is 40.1 Å². The molecule has 0 radical (unpaired) electrons. The minimum absolute atomic E-state index is 0.0819. The van der Waals surface area contributed by atoms with Crippen molar-refractivity contribution in [3.8, 4) is 0 Å². The first-order chi connectivity index (χ1) is 9.97. The van der Waals surface area contributed by atoms with Gasteiger partial charge in [-0.05, 0) is 24.6 Å². The van der Waals surface area contributed by atoms with Gasteiger partial charge in [0.25, 0.3) is 0 Å². The molecule has 0 bridgehead atoms. The van der Waals surface area contributed by atoms with Gasteiger partial charge in [-0.1, -0.05) is 41.0 Å². The van der Waals surface area contributed by atoms with E-state index in [2.05, 4.69) is 15.5 Å². The van der Waals surface area contributed by atoms with Gasteiger partial charge in [0.1, 0.15) is 6.33 Å². The van der Waals surface area contributed by atoms with Crippen LogP contribution < -0.4 is 5.32 Å². The number of rotatable bonds is 5. The second-order valence-corrected chi connectivity index (χ2v) is 6.23. The van der Waals surface area contributed by atoms with E-state index in [-0.39, 0.29) is 17.7 Å². The van der Waals surface area contributed by atoms with Crippen molar-refractivity contribution in [2.24, 2.45) is 7.05 Å². The lowest BCUT2D eigenvalue weighted by atomic mass is 10.1. The SMILES string of the molecule is C[C@H](NC(=O)CSc1nncn1C)c1ccc(Cl)c(Cl)c1. The molecule has 5 nitrogen and oxygen atoms in total. The van der Waals surface area contributed by atoms with Crippen LogP contribution in [0.1, 0.15) is 18.5 Å². The third kappa shape index (κ3) is 4.36. The molecule has 1 aromatic carbocycles. The second-order valence-electron chi connectivity index (χ2n) is 4.48. The van der Waals surface area contributed by atoms with Gasteiger partial charge >= 0.3 is 0 Å². The highest BCUT2D eigenvalue weighted by Crippen LogP contribution is 2.25. The molecule has 0 saturated heterocycles. The number of thioether (sulfide) groups is 1. The maximum atomic E-state index is 11.9. The van der Waals surface area contributed by atoms with Crippen LogP contribution in [0, 0.1) is 0 Å². The van der Waals surface area contributed by atoms with E-state index >= 15 is 0 Å². The second kappa shape index (κ2) is 7.15. The zero-order valence-electron chi connectivity index (χ0n) is 11.5. The lowest BCUT2D eigenvalue weighted by molar-refractivity contribution is -0.119. The predicted molar refractivity (Wildman–Crippen MR) is 84.7 cm³/mol. The molecule has 2 aromatic rings. The number of halogens is 2. The van der Waals surface area contributed by atoms with Crippen LogP contribution in [0.4, 0.5) is 0 Å². The van der Waals surface area contributed by atoms with E-state index in [9.17, 15) is 4.79 Å². The fraction of sp³-hybridized carbons (Fsp3) is 0.308. The maximum Gasteiger partial charge on any atom is 0.230 e. The minimum Gasteiger partial charge on any atom is -0.349 e. The molecule has 1 atom stereocenters. The predicted octanol–water partition coefficient (Wildman–Crippen LogP) is 3.09. The Morgan fingerprint density at radius 3 is 2.81 bits per heavy atom. The number of aromatic nitrogens is 3. The van der Waals surface area contributed by atoms with Crippen LogP contribution in [-0.4, -0.2) is 26.4 Å². The van der Waals surface area contributed by atoms with Crippen molar-refractivity contribution in [3.63, 3.8) is 0 Å². The van der Waals surface area contributed by atoms with Gasteiger partial charge < -0.3 is 9.88 Å². The summed E-state index contributed by atoms with van der Waals surface area (Å²) in [6.45, 7) is 1.89. The molecular formula is C13H14Cl2N4OS. The van der Waals surface area contributed by atoms with E-state index in [1.165, 1.54) is 11.8 Å². The smallest absolute Gasteiger partial charge is 0.230 e. The first-order valence-electron chi connectivity index (χ1n) is 6.18. The first kappa shape index (κ1) is 16.1. The van der Waals surface area contributed by atoms with Crippen LogP contribution in [0.25, 0.3) is 0 Å². The Morgan fingerprint density at radius 2 is 2.19 bits per heavy atom. The van der Waals surface area contributed by atoms with Crippen LogP contribution in [0.15, 0.2) is 29.7 Å². The van der Waals surface area contributed by atoms with Crippen LogP contribution >= 0.6 is 35.0 Å². The summed E-state index contributed by atoms with van der Waals surface area (Å²) in [7, 11) is 1.83. The van der Waals surface area contributed by atoms with E-state index < -0.39 is 0 Å². The highest BCUT2D eigenvalue weighted by Gasteiger charge is 2.12. The van der Waals surface area contributed by atoms with Gasteiger partial charge in [-0.3, -0.25) is 4.79 Å². The molecule has 1 aromatic heterocycles. The topological polar surface area (TPSA) is 59.8 Å². The van der Waals surface area contributed by atoms with Crippen molar-refractivity contribution in [2.75, 3.05) is 5.75 Å². The Bertz CT molecular complexity index is 647. The van der Waals surface area contributed by atoms with Crippen molar-refractivity contribution in [1.29, 1.82) is 0 Å². The Hall–Kier alpha value is -1.24. The van der Waals surface area contributed by atoms with E-state index in [4.69, 9.17) is 23.2 Å². The van der Waals surface area contributed by atoms with Gasteiger partial charge in [0.15, 0.2) is 5.16 Å². The summed E-state index contributed by atoms with van der Waals surface area (Å²) >= 11 is 13.2. The summed E-state index contributed by atoms with van der Waals surface area (Å²) in [5.41, 5.74) is 0.904. The van der Waals surface area contributed by atoms with Crippen molar-refractivity contribution >= 4 is 40.9 Å². The Kier molecular flexibility index (Phi) is 5.50. The van der Waals surface area contributed by atoms with Gasteiger partial charge in [0.2, 0.25) is 5.91 Å². The van der Waals surface area contributed by atoms with Gasteiger partial charge in [-0.2, -0.15) is 0 Å². The average molecular weight is 345 g/mol. The summed E-state index contributed by atoms with van der Waals surface area (Å²) in [5.74, 6) is 0.194. The van der Waals surface area contributed by atoms with Gasteiger partial charge in [-0.25, -0.2) is 0 Å². The van der Waals surface area contributed by atoms with E-state index in [0.717, 1.165) is 5.56 Å². The highest BCUT2D eigenvalue weighted by molar-refractivity contribution is 7.99. The average Bonchev–Trinajstić information content (AvgIpc) is 2.85. The van der Waals surface area contributed by atoms with E-state index in [1.54, 1.807) is 23.0 Å². The molecule has 1 heterocycles. The molecule has 112 valence electrons. The van der Waals surface area contributed by atoms with E-state index in [0.29, 0.717) is 15.2 Å². The summed E-state index contributed by atoms with van der Waals surface area (Å²) in [6.07, 6.45) is 1.60. The molecule has 0 aliphatic carbocycles. The first-order valence-corrected chi connectivity index (χ1v) is 7.92. The molecule has 0 aliphatic rings. The summed E-state index contributed by atoms with van der Waals surface area (Å²) in [4.78, 5) is 11.9. The lowest BCUT2D eigenvalue weighted by Gasteiger charge is -2.14. The number of hydrogen-bond donors (Lipinski definition) is 1. The number of amides is 1. The largest absolute Gasteiger partial charge is 0.349 e. The number of hydrogen-bond acceptors (Lipinski definition) is 4. The molecule has 0 saturated carbocycles. The summed E-state index contributed by atoms with van der Waals surface area (Å²) < 4.78 is 1.76. The van der Waals surface area contributed by atoms with Crippen LogP contribution in [0.2, 0.25) is 10.0 Å². The third-order valence-electron chi connectivity index (χ3n) is 2.82. The molecule has 1 amide bonds. The van der Waals surface area contributed by atoms with Crippen LogP contribution in [0.3, 0.4) is 0 Å². The number of nitrogens with zero attached hydrogens (tertiary/aromatic N) is 3. The van der Waals surface area contributed by atoms with Crippen LogP contribution in [-0.2, 0) is 11.8 Å². The van der Waals surface area contributed by atoms with Gasteiger partial charge in [0.05, 0.1) is 21.8 Å². The molecule has 8 heteroatoms. The molecule has 0 aliphatic heterocycles. The minimum atomic E-state index is -0.146. The number of benzene rings is 1. The van der Waals surface area contributed by atoms with Gasteiger partial charge in [0, 0.05) is 7.05 Å². The highest BCUT2D eigenvalue weighted by atomic mass is 35.5. The fourth-order valence-electron chi connectivity index (χ4n) is 1.68. The van der Waals surface area contributed by atoms with Crippen molar-refractivity contribution in [2.45, 2.75) is 18.1 Å². The summed E-state index contributed by atoms with van der Waals surface area (Å²) in [6, 6.07) is 5.17. The monoisotopic (exact) mass is 344 g/mol. The molecule has 0 unspecified atom stereocenters. The maximum absolute atomic E-state index is 11.9. The quantitative estimate of drug-likeness (QED) is 0.846. The van der Waals surface area contributed by atoms with Crippen molar-refractivity contribution < 1.29 is 4.79 Å². The van der Waals surface area contributed by atoms with Crippen LogP contribution in [0.5, 0.6) is 0 Å². The fourth-order valence-corrected chi connectivity index (χ4v) is 2.69. The van der Waals surface area contributed by atoms with Gasteiger partial charge in [-0.15, -0.1) is 10.2 Å². The molecule has 21 heavy (non-hydrogen) atoms. The standard InChI is InChI=1S/C13H14Cl2N4OS/c1-8(9-3-4-10(14)11(15)5-9)17-12(20)6-21-13-18-16-7-19(13)2/h3-5,7-8H,6H2,1-2H3,(H,17,20)/t8-/m0/s1. The molecule has 2 rings (SSSR count). The molecular weight excluding hydrogens is 331 g/mol. The normalized spacial score (nSPS) is 12.2. The number of carbonyl (C=O) groups is 1. The Labute approximate surface area is 137 Å². The summed E-state index contributed by atoms with van der Waals surface area (Å²) in [5, 5.41) is 12.2. The number of aryl methyl sites for hydroxylation is 1. The zero-order chi connectivity index (χ0) is 15.4. The molecule has 0 fully saturated rings. The van der Waals surface area contributed by atoms with Crippen molar-refractivity contribution in [1.82, 2.24) is 20.1 Å².